The number of anilines is 1. The van der Waals surface area contributed by atoms with E-state index in [2.05, 4.69) is 34.6 Å². The summed E-state index contributed by atoms with van der Waals surface area (Å²) in [6.07, 6.45) is 6.51. The van der Waals surface area contributed by atoms with Gasteiger partial charge in [0.25, 0.3) is 0 Å². The summed E-state index contributed by atoms with van der Waals surface area (Å²) >= 11 is 0. The van der Waals surface area contributed by atoms with E-state index in [4.69, 9.17) is 4.52 Å². The van der Waals surface area contributed by atoms with Gasteiger partial charge in [0, 0.05) is 25.0 Å². The van der Waals surface area contributed by atoms with Gasteiger partial charge in [0.2, 0.25) is 5.91 Å². The molecule has 2 bridgehead atoms. The molecule has 7 heteroatoms. The quantitative estimate of drug-likeness (QED) is 0.901. The molecule has 2 unspecified atom stereocenters. The summed E-state index contributed by atoms with van der Waals surface area (Å²) in [5.41, 5.74) is 1.93. The lowest BCUT2D eigenvalue weighted by Crippen LogP contribution is -2.49. The van der Waals surface area contributed by atoms with Gasteiger partial charge in [-0.05, 0) is 62.8 Å². The van der Waals surface area contributed by atoms with Crippen LogP contribution in [0.1, 0.15) is 37.7 Å². The zero-order valence-electron chi connectivity index (χ0n) is 15.5. The molecule has 3 aliphatic heterocycles. The summed E-state index contributed by atoms with van der Waals surface area (Å²) in [5, 5.41) is 7.28. The summed E-state index contributed by atoms with van der Waals surface area (Å²) in [4.78, 5) is 27.6. The smallest absolute Gasteiger partial charge is 0.329 e. The Kier molecular flexibility index (Phi) is 3.93. The number of piperidine rings is 1. The van der Waals surface area contributed by atoms with Crippen molar-refractivity contribution >= 4 is 28.7 Å². The molecule has 2 atom stereocenters. The summed E-state index contributed by atoms with van der Waals surface area (Å²) in [6.45, 7) is 0.328. The first kappa shape index (κ1) is 16.7. The number of nitrogens with one attached hydrogen (secondary N) is 1. The van der Waals surface area contributed by atoms with E-state index in [1.54, 1.807) is 0 Å². The summed E-state index contributed by atoms with van der Waals surface area (Å²) in [7, 11) is 2.27. The van der Waals surface area contributed by atoms with Crippen molar-refractivity contribution in [1.29, 1.82) is 0 Å². The second kappa shape index (κ2) is 6.34. The third-order valence-corrected chi connectivity index (χ3v) is 6.55. The molecule has 27 heavy (non-hydrogen) atoms. The number of carbonyl (C=O) groups is 2. The van der Waals surface area contributed by atoms with Crippen LogP contribution in [0.3, 0.4) is 0 Å². The molecule has 1 N–H and O–H groups in total. The Morgan fingerprint density at radius 3 is 2.74 bits per heavy atom. The topological polar surface area (TPSA) is 78.7 Å². The number of benzene rings is 1. The third kappa shape index (κ3) is 2.90. The fourth-order valence-electron chi connectivity index (χ4n) is 5.09. The van der Waals surface area contributed by atoms with Crippen molar-refractivity contribution in [3.8, 4) is 0 Å². The van der Waals surface area contributed by atoms with Crippen molar-refractivity contribution in [1.82, 2.24) is 15.4 Å². The van der Waals surface area contributed by atoms with Gasteiger partial charge in [-0.3, -0.25) is 15.0 Å². The number of aromatic nitrogens is 1. The van der Waals surface area contributed by atoms with Crippen LogP contribution in [0.5, 0.6) is 0 Å². The van der Waals surface area contributed by atoms with E-state index in [1.165, 1.54) is 36.1 Å². The first-order chi connectivity index (χ1) is 13.1. The van der Waals surface area contributed by atoms with Gasteiger partial charge in [-0.2, -0.15) is 0 Å². The lowest BCUT2D eigenvalue weighted by Gasteiger charge is -2.36. The Bertz CT molecular complexity index is 894. The Balaban J connectivity index is 1.39. The van der Waals surface area contributed by atoms with E-state index in [1.807, 2.05) is 6.07 Å². The number of amides is 3. The minimum Gasteiger partial charge on any atom is -0.354 e. The Morgan fingerprint density at radius 1 is 1.22 bits per heavy atom. The Morgan fingerprint density at radius 2 is 2.00 bits per heavy atom. The van der Waals surface area contributed by atoms with Gasteiger partial charge in [-0.15, -0.1) is 0 Å². The molecule has 3 aliphatic rings. The molecule has 4 heterocycles. The molecule has 0 saturated carbocycles. The zero-order valence-corrected chi connectivity index (χ0v) is 15.5. The van der Waals surface area contributed by atoms with E-state index in [0.29, 0.717) is 23.9 Å². The first-order valence-electron chi connectivity index (χ1n) is 9.80. The standard InChI is InChI=1S/C20H24N4O3/c1-23-14-3-4-15(23)10-13(9-14)8-12-2-5-17-16(11-12)19(22-27-17)24-7-6-18(25)21-20(24)26/h2,5,11,13-15H,3-4,6-10H2,1H3,(H,21,25,26). The number of carbonyl (C=O) groups excluding carboxylic acids is 2. The molecule has 1 aromatic heterocycles. The van der Waals surface area contributed by atoms with Crippen LogP contribution >= 0.6 is 0 Å². The average molecular weight is 368 g/mol. The van der Waals surface area contributed by atoms with Crippen molar-refractivity contribution < 1.29 is 14.1 Å². The highest BCUT2D eigenvalue weighted by atomic mass is 16.5. The molecule has 0 spiro atoms. The normalized spacial score (nSPS) is 28.8. The predicted molar refractivity (Wildman–Crippen MR) is 101 cm³/mol. The lowest BCUT2D eigenvalue weighted by molar-refractivity contribution is -0.120. The number of imide groups is 1. The molecule has 3 saturated heterocycles. The maximum atomic E-state index is 12.2. The van der Waals surface area contributed by atoms with Crippen LogP contribution in [0.2, 0.25) is 0 Å². The van der Waals surface area contributed by atoms with Crippen LogP contribution in [0.25, 0.3) is 11.0 Å². The zero-order chi connectivity index (χ0) is 18.5. The largest absolute Gasteiger partial charge is 0.354 e. The van der Waals surface area contributed by atoms with Gasteiger partial charge in [0.1, 0.15) is 0 Å². The molecule has 2 aromatic rings. The molecule has 3 fully saturated rings. The molecule has 5 rings (SSSR count). The fraction of sp³-hybridized carbons (Fsp3) is 0.550. The molecule has 1 aromatic carbocycles. The number of hydrogen-bond donors (Lipinski definition) is 1. The summed E-state index contributed by atoms with van der Waals surface area (Å²) in [6, 6.07) is 7.19. The van der Waals surface area contributed by atoms with Crippen LogP contribution < -0.4 is 10.2 Å². The Hall–Kier alpha value is -2.41. The maximum Gasteiger partial charge on any atom is 0.329 e. The van der Waals surface area contributed by atoms with Gasteiger partial charge in [0.05, 0.1) is 5.39 Å². The maximum absolute atomic E-state index is 12.2. The number of rotatable bonds is 3. The van der Waals surface area contributed by atoms with Crippen LogP contribution in [-0.2, 0) is 11.2 Å². The monoisotopic (exact) mass is 368 g/mol. The lowest BCUT2D eigenvalue weighted by atomic mass is 9.86. The first-order valence-corrected chi connectivity index (χ1v) is 9.80. The van der Waals surface area contributed by atoms with Gasteiger partial charge in [-0.1, -0.05) is 11.2 Å². The van der Waals surface area contributed by atoms with Gasteiger partial charge in [-0.25, -0.2) is 4.79 Å². The van der Waals surface area contributed by atoms with Crippen LogP contribution in [-0.4, -0.2) is 47.7 Å². The van der Waals surface area contributed by atoms with E-state index in [-0.39, 0.29) is 12.3 Å². The van der Waals surface area contributed by atoms with Crippen LogP contribution in [0, 0.1) is 5.92 Å². The van der Waals surface area contributed by atoms with E-state index >= 15 is 0 Å². The molecular weight excluding hydrogens is 344 g/mol. The highest BCUT2D eigenvalue weighted by Crippen LogP contribution is 2.39. The minimum atomic E-state index is -0.432. The summed E-state index contributed by atoms with van der Waals surface area (Å²) in [5.74, 6) is 0.956. The molecule has 3 amide bonds. The highest BCUT2D eigenvalue weighted by Gasteiger charge is 2.38. The van der Waals surface area contributed by atoms with Gasteiger partial charge >= 0.3 is 6.03 Å². The van der Waals surface area contributed by atoms with Gasteiger partial charge < -0.3 is 9.42 Å². The molecule has 7 nitrogen and oxygen atoms in total. The number of nitrogens with zero attached hydrogens (tertiary/aromatic N) is 3. The molecular formula is C20H24N4O3. The average Bonchev–Trinajstić information content (AvgIpc) is 3.12. The van der Waals surface area contributed by atoms with Crippen molar-refractivity contribution in [3.63, 3.8) is 0 Å². The van der Waals surface area contributed by atoms with E-state index in [9.17, 15) is 9.59 Å². The number of fused-ring (bicyclic) bond motifs is 3. The molecule has 0 radical (unpaired) electrons. The molecule has 0 aliphatic carbocycles. The van der Waals surface area contributed by atoms with Crippen molar-refractivity contribution in [3.05, 3.63) is 23.8 Å². The van der Waals surface area contributed by atoms with Crippen LogP contribution in [0.4, 0.5) is 10.6 Å². The van der Waals surface area contributed by atoms with Crippen molar-refractivity contribution in [2.75, 3.05) is 18.5 Å². The number of urea groups is 1. The minimum absolute atomic E-state index is 0.248. The second-order valence-corrected chi connectivity index (χ2v) is 8.18. The second-order valence-electron chi connectivity index (χ2n) is 8.18. The summed E-state index contributed by atoms with van der Waals surface area (Å²) < 4.78 is 5.42. The van der Waals surface area contributed by atoms with Crippen molar-refractivity contribution in [2.24, 2.45) is 5.92 Å². The van der Waals surface area contributed by atoms with Crippen LogP contribution in [0.15, 0.2) is 22.7 Å². The Labute approximate surface area is 157 Å². The van der Waals surface area contributed by atoms with Crippen molar-refractivity contribution in [2.45, 2.75) is 50.6 Å². The van der Waals surface area contributed by atoms with E-state index < -0.39 is 6.03 Å². The predicted octanol–water partition coefficient (Wildman–Crippen LogP) is 2.69. The molecule has 142 valence electrons. The highest BCUT2D eigenvalue weighted by molar-refractivity contribution is 6.08. The number of hydrogen-bond acceptors (Lipinski definition) is 5. The van der Waals surface area contributed by atoms with Gasteiger partial charge in [0.15, 0.2) is 11.4 Å². The third-order valence-electron chi connectivity index (χ3n) is 6.55. The SMILES string of the molecule is CN1C2CCC1CC(Cc1ccc3onc(N4CCC(=O)NC4=O)c3c1)C2. The van der Waals surface area contributed by atoms with E-state index in [0.717, 1.165) is 23.9 Å². The fourth-order valence-corrected chi connectivity index (χ4v) is 5.09.